The largest absolute Gasteiger partial charge is 0.481 e. The number of hydrogen-bond donors (Lipinski definition) is 1. The predicted octanol–water partition coefficient (Wildman–Crippen LogP) is 1.44. The van der Waals surface area contributed by atoms with E-state index < -0.39 is 11.4 Å². The number of hydrogen-bond acceptors (Lipinski definition) is 3. The van der Waals surface area contributed by atoms with Crippen LogP contribution in [0.4, 0.5) is 0 Å². The lowest BCUT2D eigenvalue weighted by molar-refractivity contribution is -0.147. The fourth-order valence-electron chi connectivity index (χ4n) is 1.07. The first-order valence-electron chi connectivity index (χ1n) is 4.25. The second kappa shape index (κ2) is 4.84. The third kappa shape index (κ3) is 6.13. The molecular weight excluding hydrogens is 172 g/mol. The Balaban J connectivity index is 4.00. The summed E-state index contributed by atoms with van der Waals surface area (Å²) in [4.78, 5) is 21.4. The summed E-state index contributed by atoms with van der Waals surface area (Å²) >= 11 is 0. The quantitative estimate of drug-likeness (QED) is 0.663. The Bertz CT molecular complexity index is 196. The van der Waals surface area contributed by atoms with Crippen LogP contribution in [0.25, 0.3) is 0 Å². The molecule has 0 bridgehead atoms. The van der Waals surface area contributed by atoms with Gasteiger partial charge in [0.05, 0.1) is 19.4 Å². The molecule has 1 N–H and O–H groups in total. The first-order valence-corrected chi connectivity index (χ1v) is 4.25. The zero-order chi connectivity index (χ0) is 10.5. The van der Waals surface area contributed by atoms with Gasteiger partial charge in [0.1, 0.15) is 0 Å². The first-order chi connectivity index (χ1) is 5.87. The zero-order valence-corrected chi connectivity index (χ0v) is 8.29. The van der Waals surface area contributed by atoms with E-state index in [1.807, 2.05) is 0 Å². The van der Waals surface area contributed by atoms with Gasteiger partial charge in [0, 0.05) is 0 Å². The van der Waals surface area contributed by atoms with Crippen LogP contribution in [0.2, 0.25) is 0 Å². The van der Waals surface area contributed by atoms with Crippen LogP contribution in [0.5, 0.6) is 0 Å². The topological polar surface area (TPSA) is 63.6 Å². The van der Waals surface area contributed by atoms with E-state index in [2.05, 4.69) is 0 Å². The molecule has 0 saturated carbocycles. The smallest absolute Gasteiger partial charge is 0.306 e. The highest BCUT2D eigenvalue weighted by molar-refractivity contribution is 5.73. The molecule has 4 heteroatoms. The second-order valence-corrected chi connectivity index (χ2v) is 3.72. The molecule has 0 aliphatic heterocycles. The highest BCUT2D eigenvalue weighted by atomic mass is 16.5. The average molecular weight is 188 g/mol. The van der Waals surface area contributed by atoms with Crippen LogP contribution in [0, 0.1) is 5.41 Å². The number of carboxylic acids is 1. The molecule has 0 aromatic rings. The minimum atomic E-state index is -0.894. The van der Waals surface area contributed by atoms with Gasteiger partial charge in [0.15, 0.2) is 0 Å². The Labute approximate surface area is 77.9 Å². The molecule has 0 amide bonds. The molecule has 0 rings (SSSR count). The van der Waals surface area contributed by atoms with E-state index in [4.69, 9.17) is 9.84 Å². The van der Waals surface area contributed by atoms with Crippen molar-refractivity contribution < 1.29 is 19.4 Å². The summed E-state index contributed by atoms with van der Waals surface area (Å²) in [5.74, 6) is -1.23. The van der Waals surface area contributed by atoms with E-state index in [9.17, 15) is 9.59 Å². The van der Waals surface area contributed by atoms with Crippen LogP contribution in [0.3, 0.4) is 0 Å². The number of aliphatic carboxylic acids is 1. The van der Waals surface area contributed by atoms with Crippen molar-refractivity contribution in [2.24, 2.45) is 5.41 Å². The molecule has 0 spiro atoms. The second-order valence-electron chi connectivity index (χ2n) is 3.72. The third-order valence-corrected chi connectivity index (χ3v) is 1.56. The molecule has 76 valence electrons. The molecule has 0 unspecified atom stereocenters. The minimum Gasteiger partial charge on any atom is -0.481 e. The molecule has 0 aromatic carbocycles. The molecule has 0 aromatic heterocycles. The predicted molar refractivity (Wildman–Crippen MR) is 47.3 cm³/mol. The summed E-state index contributed by atoms with van der Waals surface area (Å²) in [5, 5.41) is 8.54. The summed E-state index contributed by atoms with van der Waals surface area (Å²) in [5.41, 5.74) is -0.530. The van der Waals surface area contributed by atoms with Gasteiger partial charge in [0.25, 0.3) is 0 Å². The van der Waals surface area contributed by atoms with E-state index in [0.29, 0.717) is 6.61 Å². The summed E-state index contributed by atoms with van der Waals surface area (Å²) in [7, 11) is 0. The Kier molecular flexibility index (Phi) is 4.45. The van der Waals surface area contributed by atoms with Gasteiger partial charge in [-0.1, -0.05) is 13.8 Å². The number of carbonyl (C=O) groups excluding carboxylic acids is 1. The number of carbonyl (C=O) groups is 2. The van der Waals surface area contributed by atoms with E-state index in [1.54, 1.807) is 20.8 Å². The molecule has 0 aliphatic carbocycles. The Hall–Kier alpha value is -1.06. The Morgan fingerprint density at radius 3 is 2.23 bits per heavy atom. The van der Waals surface area contributed by atoms with Gasteiger partial charge in [-0.2, -0.15) is 0 Å². The van der Waals surface area contributed by atoms with E-state index >= 15 is 0 Å². The van der Waals surface area contributed by atoms with Gasteiger partial charge in [0.2, 0.25) is 0 Å². The van der Waals surface area contributed by atoms with Crippen molar-refractivity contribution in [1.29, 1.82) is 0 Å². The number of carboxylic acid groups (broad SMARTS) is 1. The fraction of sp³-hybridized carbons (Fsp3) is 0.778. The van der Waals surface area contributed by atoms with Crippen LogP contribution in [0.15, 0.2) is 0 Å². The molecule has 0 saturated heterocycles. The molecule has 13 heavy (non-hydrogen) atoms. The van der Waals surface area contributed by atoms with E-state index in [0.717, 1.165) is 0 Å². The molecule has 0 fully saturated rings. The van der Waals surface area contributed by atoms with Gasteiger partial charge in [-0.25, -0.2) is 0 Å². The van der Waals surface area contributed by atoms with Gasteiger partial charge < -0.3 is 9.84 Å². The number of esters is 1. The maximum atomic E-state index is 11.0. The van der Waals surface area contributed by atoms with Crippen LogP contribution in [0.1, 0.15) is 33.6 Å². The highest BCUT2D eigenvalue weighted by Gasteiger charge is 2.25. The lowest BCUT2D eigenvalue weighted by Crippen LogP contribution is -2.22. The lowest BCUT2D eigenvalue weighted by Gasteiger charge is -2.20. The Morgan fingerprint density at radius 1 is 1.31 bits per heavy atom. The highest BCUT2D eigenvalue weighted by Crippen LogP contribution is 2.25. The maximum absolute atomic E-state index is 11.0. The summed E-state index contributed by atoms with van der Waals surface area (Å²) < 4.78 is 4.73. The fourth-order valence-corrected chi connectivity index (χ4v) is 1.07. The summed E-state index contributed by atoms with van der Waals surface area (Å²) in [6.45, 7) is 5.53. The molecular formula is C9H16O4. The monoisotopic (exact) mass is 188 g/mol. The maximum Gasteiger partial charge on any atom is 0.306 e. The van der Waals surface area contributed by atoms with Crippen LogP contribution in [-0.2, 0) is 14.3 Å². The van der Waals surface area contributed by atoms with E-state index in [1.165, 1.54) is 0 Å². The van der Waals surface area contributed by atoms with Crippen LogP contribution < -0.4 is 0 Å². The molecule has 0 radical (unpaired) electrons. The first kappa shape index (κ1) is 11.9. The van der Waals surface area contributed by atoms with Crippen molar-refractivity contribution in [3.05, 3.63) is 0 Å². The standard InChI is InChI=1S/C9H16O4/c1-4-13-8(12)6-9(2,3)5-7(10)11/h4-6H2,1-3H3,(H,10,11). The van der Waals surface area contributed by atoms with Gasteiger partial charge in [-0.15, -0.1) is 0 Å². The lowest BCUT2D eigenvalue weighted by atomic mass is 9.86. The number of ether oxygens (including phenoxy) is 1. The van der Waals surface area contributed by atoms with Crippen LogP contribution in [-0.4, -0.2) is 23.7 Å². The normalized spacial score (nSPS) is 11.0. The SMILES string of the molecule is CCOC(=O)CC(C)(C)CC(=O)O. The molecule has 0 atom stereocenters. The van der Waals surface area contributed by atoms with E-state index in [-0.39, 0.29) is 18.8 Å². The summed E-state index contributed by atoms with van der Waals surface area (Å²) in [6.07, 6.45) is 0.124. The van der Waals surface area contributed by atoms with Crippen molar-refractivity contribution in [3.8, 4) is 0 Å². The average Bonchev–Trinajstić information content (AvgIpc) is 1.81. The van der Waals surface area contributed by atoms with Crippen molar-refractivity contribution in [3.63, 3.8) is 0 Å². The molecule has 0 heterocycles. The van der Waals surface area contributed by atoms with Crippen molar-refractivity contribution >= 4 is 11.9 Å². The van der Waals surface area contributed by atoms with Crippen molar-refractivity contribution in [1.82, 2.24) is 0 Å². The van der Waals surface area contributed by atoms with Crippen LogP contribution >= 0.6 is 0 Å². The van der Waals surface area contributed by atoms with Gasteiger partial charge in [-0.3, -0.25) is 9.59 Å². The summed E-state index contributed by atoms with van der Waals surface area (Å²) in [6, 6.07) is 0. The van der Waals surface area contributed by atoms with Gasteiger partial charge >= 0.3 is 11.9 Å². The van der Waals surface area contributed by atoms with Gasteiger partial charge in [-0.05, 0) is 12.3 Å². The zero-order valence-electron chi connectivity index (χ0n) is 8.29. The molecule has 4 nitrogen and oxygen atoms in total. The number of rotatable bonds is 5. The Morgan fingerprint density at radius 2 is 1.85 bits per heavy atom. The minimum absolute atomic E-state index is 0.0220. The molecule has 0 aliphatic rings. The van der Waals surface area contributed by atoms with Crippen molar-refractivity contribution in [2.75, 3.05) is 6.61 Å². The van der Waals surface area contributed by atoms with Crippen molar-refractivity contribution in [2.45, 2.75) is 33.6 Å². The third-order valence-electron chi connectivity index (χ3n) is 1.56.